The Morgan fingerprint density at radius 1 is 1.24 bits per heavy atom. The molecule has 0 aliphatic carbocycles. The molecule has 29 heavy (non-hydrogen) atoms. The molecule has 0 radical (unpaired) electrons. The minimum absolute atomic E-state index is 0. The van der Waals surface area contributed by atoms with Gasteiger partial charge >= 0.3 is 6.09 Å². The molecule has 11 nitrogen and oxygen atoms in total. The highest BCUT2D eigenvalue weighted by Crippen LogP contribution is 2.12. The van der Waals surface area contributed by atoms with Crippen molar-refractivity contribution in [3.8, 4) is 0 Å². The first kappa shape index (κ1) is 26.4. The van der Waals surface area contributed by atoms with Crippen molar-refractivity contribution in [3.05, 3.63) is 39.9 Å². The Balaban J connectivity index is 0.00000392. The van der Waals surface area contributed by atoms with Crippen LogP contribution in [0.4, 0.5) is 10.5 Å². The largest absolute Gasteiger partial charge is 0.444 e. The van der Waals surface area contributed by atoms with Crippen LogP contribution in [-0.2, 0) is 16.1 Å². The maximum absolute atomic E-state index is 12.1. The number of nitro groups is 1. The van der Waals surface area contributed by atoms with Crippen LogP contribution in [0.25, 0.3) is 0 Å². The van der Waals surface area contributed by atoms with E-state index >= 15 is 0 Å². The SMILES string of the molecule is Cl.Cl.NC(=NCC(=O)N1CCCNCC1)NC(=O)OCc1ccc([N+](=O)[O-])cc1. The zero-order valence-corrected chi connectivity index (χ0v) is 17.2. The van der Waals surface area contributed by atoms with Crippen LogP contribution in [0.15, 0.2) is 29.3 Å². The summed E-state index contributed by atoms with van der Waals surface area (Å²) in [6.07, 6.45) is 0.0408. The monoisotopic (exact) mass is 450 g/mol. The lowest BCUT2D eigenvalue weighted by Crippen LogP contribution is -2.39. The van der Waals surface area contributed by atoms with Crippen LogP contribution < -0.4 is 16.4 Å². The molecule has 0 saturated carbocycles. The van der Waals surface area contributed by atoms with Gasteiger partial charge in [0.05, 0.1) is 4.92 Å². The van der Waals surface area contributed by atoms with E-state index in [0.29, 0.717) is 18.7 Å². The quantitative estimate of drug-likeness (QED) is 0.259. The molecule has 4 N–H and O–H groups in total. The predicted octanol–water partition coefficient (Wildman–Crippen LogP) is 0.801. The number of non-ortho nitro benzene ring substituents is 1. The highest BCUT2D eigenvalue weighted by Gasteiger charge is 2.15. The first-order valence-electron chi connectivity index (χ1n) is 8.41. The average molecular weight is 451 g/mol. The summed E-state index contributed by atoms with van der Waals surface area (Å²) < 4.78 is 4.95. The highest BCUT2D eigenvalue weighted by molar-refractivity contribution is 5.94. The van der Waals surface area contributed by atoms with Gasteiger partial charge in [-0.25, -0.2) is 9.79 Å². The minimum Gasteiger partial charge on any atom is -0.444 e. The van der Waals surface area contributed by atoms with Gasteiger partial charge in [0.15, 0.2) is 5.96 Å². The fraction of sp³-hybridized carbons (Fsp3) is 0.438. The number of carbonyl (C=O) groups is 2. The molecule has 1 aromatic carbocycles. The zero-order chi connectivity index (χ0) is 19.6. The number of hydrogen-bond acceptors (Lipinski definition) is 7. The molecular weight excluding hydrogens is 427 g/mol. The number of rotatable bonds is 5. The van der Waals surface area contributed by atoms with Gasteiger partial charge in [0.25, 0.3) is 5.69 Å². The molecule has 1 aliphatic rings. The standard InChI is InChI=1S/C16H22N6O5.2ClH/c17-15(19-10-14(23)21-8-1-6-18-7-9-21)20-16(24)27-11-12-2-4-13(5-3-12)22(25)26;;/h2-5,18H,1,6-11H2,(H3,17,19,20,24);2*1H. The molecule has 13 heteroatoms. The van der Waals surface area contributed by atoms with E-state index in [1.54, 1.807) is 4.90 Å². The van der Waals surface area contributed by atoms with E-state index in [1.165, 1.54) is 24.3 Å². The van der Waals surface area contributed by atoms with E-state index in [1.807, 2.05) is 0 Å². The second kappa shape index (κ2) is 13.5. The first-order valence-corrected chi connectivity index (χ1v) is 8.41. The number of nitrogens with one attached hydrogen (secondary N) is 2. The van der Waals surface area contributed by atoms with Crippen molar-refractivity contribution in [2.45, 2.75) is 13.0 Å². The zero-order valence-electron chi connectivity index (χ0n) is 15.5. The number of benzene rings is 1. The lowest BCUT2D eigenvalue weighted by Gasteiger charge is -2.18. The number of alkyl carbamates (subject to hydrolysis) is 1. The topological polar surface area (TPSA) is 152 Å². The molecule has 162 valence electrons. The average Bonchev–Trinajstić information content (AvgIpc) is 2.94. The third-order valence-corrected chi connectivity index (χ3v) is 3.82. The Labute approximate surface area is 180 Å². The van der Waals surface area contributed by atoms with Gasteiger partial charge in [0.2, 0.25) is 5.91 Å². The van der Waals surface area contributed by atoms with E-state index in [4.69, 9.17) is 10.5 Å². The number of hydrogen-bond donors (Lipinski definition) is 3. The van der Waals surface area contributed by atoms with Crippen LogP contribution in [0.3, 0.4) is 0 Å². The summed E-state index contributed by atoms with van der Waals surface area (Å²) in [5.41, 5.74) is 6.11. The van der Waals surface area contributed by atoms with E-state index in [0.717, 1.165) is 19.5 Å². The molecule has 0 atom stereocenters. The van der Waals surface area contributed by atoms with Gasteiger partial charge < -0.3 is 20.7 Å². The van der Waals surface area contributed by atoms with Crippen molar-refractivity contribution in [2.75, 3.05) is 32.7 Å². The number of aliphatic imine (C=N–C) groups is 1. The lowest BCUT2D eigenvalue weighted by molar-refractivity contribution is -0.384. The molecule has 1 aromatic rings. The highest BCUT2D eigenvalue weighted by atomic mass is 35.5. The number of nitro benzene ring substituents is 1. The first-order chi connectivity index (χ1) is 13.0. The number of amides is 2. The molecule has 2 amide bonds. The van der Waals surface area contributed by atoms with Crippen molar-refractivity contribution in [3.63, 3.8) is 0 Å². The Kier molecular flexibility index (Phi) is 12.3. The van der Waals surface area contributed by atoms with Gasteiger partial charge in [-0.05, 0) is 30.7 Å². The molecule has 1 fully saturated rings. The number of nitrogens with zero attached hydrogens (tertiary/aromatic N) is 3. The summed E-state index contributed by atoms with van der Waals surface area (Å²) >= 11 is 0. The summed E-state index contributed by atoms with van der Waals surface area (Å²) in [5.74, 6) is -0.382. The second-order valence-electron chi connectivity index (χ2n) is 5.81. The van der Waals surface area contributed by atoms with Gasteiger partial charge in [-0.15, -0.1) is 24.8 Å². The Morgan fingerprint density at radius 3 is 2.59 bits per heavy atom. The Bertz CT molecular complexity index is 708. The maximum atomic E-state index is 12.1. The number of ether oxygens (including phenoxy) is 1. The summed E-state index contributed by atoms with van der Waals surface area (Å²) in [5, 5.41) is 16.0. The van der Waals surface area contributed by atoms with E-state index in [-0.39, 0.29) is 55.5 Å². The van der Waals surface area contributed by atoms with E-state index in [2.05, 4.69) is 15.6 Å². The smallest absolute Gasteiger partial charge is 0.414 e. The van der Waals surface area contributed by atoms with Crippen molar-refractivity contribution >= 4 is 48.5 Å². The summed E-state index contributed by atoms with van der Waals surface area (Å²) in [6.45, 7) is 2.63. The molecule has 2 rings (SSSR count). The van der Waals surface area contributed by atoms with Gasteiger partial charge in [0, 0.05) is 31.8 Å². The number of nitrogens with two attached hydrogens (primary N) is 1. The van der Waals surface area contributed by atoms with Gasteiger partial charge in [0.1, 0.15) is 13.2 Å². The third kappa shape index (κ3) is 9.41. The van der Waals surface area contributed by atoms with Crippen LogP contribution in [0, 0.1) is 10.1 Å². The van der Waals surface area contributed by atoms with Gasteiger partial charge in [-0.3, -0.25) is 20.2 Å². The van der Waals surface area contributed by atoms with Gasteiger partial charge in [-0.1, -0.05) is 0 Å². The third-order valence-electron chi connectivity index (χ3n) is 3.82. The van der Waals surface area contributed by atoms with Crippen LogP contribution in [0.2, 0.25) is 0 Å². The number of halogens is 2. The molecule has 0 bridgehead atoms. The molecule has 1 aliphatic heterocycles. The van der Waals surface area contributed by atoms with Crippen molar-refractivity contribution in [1.82, 2.24) is 15.5 Å². The fourth-order valence-corrected chi connectivity index (χ4v) is 2.39. The van der Waals surface area contributed by atoms with Crippen LogP contribution >= 0.6 is 24.8 Å². The van der Waals surface area contributed by atoms with Gasteiger partial charge in [-0.2, -0.15) is 0 Å². The summed E-state index contributed by atoms with van der Waals surface area (Å²) in [6, 6.07) is 5.60. The lowest BCUT2D eigenvalue weighted by atomic mass is 10.2. The van der Waals surface area contributed by atoms with E-state index < -0.39 is 11.0 Å². The van der Waals surface area contributed by atoms with Crippen LogP contribution in [0.5, 0.6) is 0 Å². The number of carbonyl (C=O) groups excluding carboxylic acids is 2. The predicted molar refractivity (Wildman–Crippen MR) is 111 cm³/mol. The molecule has 1 saturated heterocycles. The normalized spacial score (nSPS) is 13.9. The minimum atomic E-state index is -0.832. The summed E-state index contributed by atoms with van der Waals surface area (Å²) in [4.78, 5) is 39.4. The number of guanidine groups is 1. The molecule has 1 heterocycles. The Morgan fingerprint density at radius 2 is 1.93 bits per heavy atom. The van der Waals surface area contributed by atoms with Crippen molar-refractivity contribution in [1.29, 1.82) is 0 Å². The van der Waals surface area contributed by atoms with Crippen molar-refractivity contribution in [2.24, 2.45) is 10.7 Å². The molecule has 0 aromatic heterocycles. The van der Waals surface area contributed by atoms with Crippen LogP contribution in [0.1, 0.15) is 12.0 Å². The molecule has 0 unspecified atom stereocenters. The molecule has 0 spiro atoms. The maximum Gasteiger partial charge on any atom is 0.414 e. The van der Waals surface area contributed by atoms with Crippen molar-refractivity contribution < 1.29 is 19.2 Å². The second-order valence-corrected chi connectivity index (χ2v) is 5.81. The van der Waals surface area contributed by atoms with E-state index in [9.17, 15) is 19.7 Å². The van der Waals surface area contributed by atoms with Crippen LogP contribution in [-0.4, -0.2) is 60.5 Å². The fourth-order valence-electron chi connectivity index (χ4n) is 2.39. The Hall–Kier alpha value is -2.63. The summed E-state index contributed by atoms with van der Waals surface area (Å²) in [7, 11) is 0. The molecular formula is C16H24Cl2N6O5.